The van der Waals surface area contributed by atoms with Crippen molar-refractivity contribution >= 4 is 22.5 Å². The maximum atomic E-state index is 12.6. The highest BCUT2D eigenvalue weighted by Crippen LogP contribution is 2.35. The van der Waals surface area contributed by atoms with Gasteiger partial charge in [0.05, 0.1) is 11.2 Å². The van der Waals surface area contributed by atoms with Crippen molar-refractivity contribution in [1.82, 2.24) is 10.3 Å². The van der Waals surface area contributed by atoms with Crippen LogP contribution in [0.15, 0.2) is 54.9 Å². The Hall–Kier alpha value is -3.28. The first kappa shape index (κ1) is 16.2. The van der Waals surface area contributed by atoms with Crippen molar-refractivity contribution < 1.29 is 14.3 Å². The predicted octanol–water partition coefficient (Wildman–Crippen LogP) is 4.02. The van der Waals surface area contributed by atoms with Crippen LogP contribution in [-0.4, -0.2) is 17.8 Å². The number of benzene rings is 2. The molecule has 0 saturated heterocycles. The van der Waals surface area contributed by atoms with Crippen LogP contribution in [-0.2, 0) is 5.54 Å². The lowest BCUT2D eigenvalue weighted by Crippen LogP contribution is -2.43. The first-order valence-electron chi connectivity index (χ1n) is 8.35. The second kappa shape index (κ2) is 6.22. The van der Waals surface area contributed by atoms with Crippen LogP contribution in [0.5, 0.6) is 11.5 Å². The third-order valence-corrected chi connectivity index (χ3v) is 4.45. The summed E-state index contributed by atoms with van der Waals surface area (Å²) in [7, 11) is 0. The largest absolute Gasteiger partial charge is 0.454 e. The molecule has 0 fully saturated rings. The van der Waals surface area contributed by atoms with Crippen LogP contribution >= 0.6 is 0 Å². The molecule has 6 nitrogen and oxygen atoms in total. The molecule has 0 spiro atoms. The molecule has 0 atom stereocenters. The van der Waals surface area contributed by atoms with Crippen molar-refractivity contribution in [1.29, 1.82) is 0 Å². The second-order valence-electron chi connectivity index (χ2n) is 6.67. The molecule has 0 saturated carbocycles. The third-order valence-electron chi connectivity index (χ3n) is 4.45. The van der Waals surface area contributed by atoms with Gasteiger partial charge in [-0.15, -0.1) is 0 Å². The van der Waals surface area contributed by atoms with Crippen LogP contribution < -0.4 is 20.1 Å². The molecule has 0 radical (unpaired) electrons. The van der Waals surface area contributed by atoms with Gasteiger partial charge in [-0.1, -0.05) is 18.2 Å². The minimum atomic E-state index is -0.586. The SMILES string of the molecule is CC(C)(NC(=O)Nc1cccc2cnccc12)c1ccc2c(c1)OCO2. The minimum Gasteiger partial charge on any atom is -0.454 e. The second-order valence-corrected chi connectivity index (χ2v) is 6.67. The zero-order chi connectivity index (χ0) is 18.1. The van der Waals surface area contributed by atoms with Crippen LogP contribution in [0.25, 0.3) is 10.8 Å². The molecular formula is C20H19N3O3. The summed E-state index contributed by atoms with van der Waals surface area (Å²) in [5.41, 5.74) is 1.08. The molecule has 2 amide bonds. The van der Waals surface area contributed by atoms with Gasteiger partial charge < -0.3 is 20.1 Å². The van der Waals surface area contributed by atoms with E-state index in [0.29, 0.717) is 5.75 Å². The number of nitrogens with one attached hydrogen (secondary N) is 2. The standard InChI is InChI=1S/C20H19N3O3/c1-20(2,14-6-7-17-18(10-14)26-12-25-17)23-19(24)22-16-5-3-4-13-11-21-9-8-15(13)16/h3-11H,12H2,1-2H3,(H2,22,23,24). The fourth-order valence-electron chi connectivity index (χ4n) is 3.03. The van der Waals surface area contributed by atoms with E-state index < -0.39 is 5.54 Å². The van der Waals surface area contributed by atoms with Gasteiger partial charge in [-0.25, -0.2) is 4.79 Å². The maximum Gasteiger partial charge on any atom is 0.319 e. The number of hydrogen-bond donors (Lipinski definition) is 2. The Balaban J connectivity index is 1.53. The number of carbonyl (C=O) groups excluding carboxylic acids is 1. The van der Waals surface area contributed by atoms with E-state index in [9.17, 15) is 4.79 Å². The Labute approximate surface area is 151 Å². The van der Waals surface area contributed by atoms with Crippen LogP contribution in [0.4, 0.5) is 10.5 Å². The van der Waals surface area contributed by atoms with Gasteiger partial charge in [0.2, 0.25) is 6.79 Å². The number of anilines is 1. The van der Waals surface area contributed by atoms with Gasteiger partial charge in [0.1, 0.15) is 0 Å². The van der Waals surface area contributed by atoms with Gasteiger partial charge in [-0.2, -0.15) is 0 Å². The zero-order valence-electron chi connectivity index (χ0n) is 14.6. The molecule has 0 bridgehead atoms. The minimum absolute atomic E-state index is 0.225. The number of ether oxygens (including phenoxy) is 2. The van der Waals surface area contributed by atoms with E-state index in [0.717, 1.165) is 27.8 Å². The summed E-state index contributed by atoms with van der Waals surface area (Å²) in [6.45, 7) is 4.11. The molecule has 2 N–H and O–H groups in total. The highest BCUT2D eigenvalue weighted by molar-refractivity contribution is 6.01. The van der Waals surface area contributed by atoms with Crippen LogP contribution in [0.3, 0.4) is 0 Å². The molecule has 132 valence electrons. The molecule has 1 aliphatic rings. The van der Waals surface area contributed by atoms with Crippen LogP contribution in [0.1, 0.15) is 19.4 Å². The number of carbonyl (C=O) groups is 1. The van der Waals surface area contributed by atoms with Crippen molar-refractivity contribution in [2.24, 2.45) is 0 Å². The average Bonchev–Trinajstić information content (AvgIpc) is 3.09. The van der Waals surface area contributed by atoms with Crippen molar-refractivity contribution in [3.63, 3.8) is 0 Å². The molecule has 1 aromatic heterocycles. The fourth-order valence-corrected chi connectivity index (χ4v) is 3.03. The third kappa shape index (κ3) is 3.01. The predicted molar refractivity (Wildman–Crippen MR) is 99.5 cm³/mol. The Morgan fingerprint density at radius 2 is 1.96 bits per heavy atom. The summed E-state index contributed by atoms with van der Waals surface area (Å²) in [5.74, 6) is 1.41. The molecule has 1 aliphatic heterocycles. The number of urea groups is 1. The molecule has 3 aromatic rings. The number of rotatable bonds is 3. The van der Waals surface area contributed by atoms with Crippen LogP contribution in [0.2, 0.25) is 0 Å². The Morgan fingerprint density at radius 1 is 1.12 bits per heavy atom. The van der Waals surface area contributed by atoms with Gasteiger partial charge in [0, 0.05) is 23.2 Å². The normalized spacial score (nSPS) is 12.8. The van der Waals surface area contributed by atoms with Gasteiger partial charge in [-0.05, 0) is 43.7 Å². The lowest BCUT2D eigenvalue weighted by atomic mass is 9.94. The molecule has 26 heavy (non-hydrogen) atoms. The lowest BCUT2D eigenvalue weighted by molar-refractivity contribution is 0.174. The molecule has 2 heterocycles. The average molecular weight is 349 g/mol. The Bertz CT molecular complexity index is 980. The zero-order valence-corrected chi connectivity index (χ0v) is 14.6. The Kier molecular flexibility index (Phi) is 3.88. The number of pyridine rings is 1. The molecule has 2 aromatic carbocycles. The van der Waals surface area contributed by atoms with E-state index >= 15 is 0 Å². The van der Waals surface area contributed by atoms with Crippen molar-refractivity contribution in [2.75, 3.05) is 12.1 Å². The van der Waals surface area contributed by atoms with Crippen molar-refractivity contribution in [3.8, 4) is 11.5 Å². The van der Waals surface area contributed by atoms with Gasteiger partial charge >= 0.3 is 6.03 Å². The number of aromatic nitrogens is 1. The first-order chi connectivity index (χ1) is 12.5. The number of amides is 2. The quantitative estimate of drug-likeness (QED) is 0.749. The summed E-state index contributed by atoms with van der Waals surface area (Å²) >= 11 is 0. The van der Waals surface area contributed by atoms with Gasteiger partial charge in [0.15, 0.2) is 11.5 Å². The molecule has 6 heteroatoms. The van der Waals surface area contributed by atoms with Crippen LogP contribution in [0, 0.1) is 0 Å². The van der Waals surface area contributed by atoms with Gasteiger partial charge in [-0.3, -0.25) is 4.98 Å². The summed E-state index contributed by atoms with van der Waals surface area (Å²) in [4.78, 5) is 16.7. The molecule has 4 rings (SSSR count). The fraction of sp³-hybridized carbons (Fsp3) is 0.200. The number of fused-ring (bicyclic) bond motifs is 2. The van der Waals surface area contributed by atoms with E-state index in [1.807, 2.05) is 56.3 Å². The highest BCUT2D eigenvalue weighted by atomic mass is 16.7. The van der Waals surface area contributed by atoms with E-state index in [-0.39, 0.29) is 12.8 Å². The smallest absolute Gasteiger partial charge is 0.319 e. The summed E-state index contributed by atoms with van der Waals surface area (Å²) < 4.78 is 10.8. The summed E-state index contributed by atoms with van der Waals surface area (Å²) in [6.07, 6.45) is 3.48. The monoisotopic (exact) mass is 349 g/mol. The van der Waals surface area contributed by atoms with E-state index in [1.54, 1.807) is 12.4 Å². The molecule has 0 aliphatic carbocycles. The highest BCUT2D eigenvalue weighted by Gasteiger charge is 2.26. The van der Waals surface area contributed by atoms with E-state index in [4.69, 9.17) is 9.47 Å². The number of hydrogen-bond acceptors (Lipinski definition) is 4. The topological polar surface area (TPSA) is 72.5 Å². The summed E-state index contributed by atoms with van der Waals surface area (Å²) in [6, 6.07) is 13.0. The van der Waals surface area contributed by atoms with E-state index in [2.05, 4.69) is 15.6 Å². The molecule has 0 unspecified atom stereocenters. The summed E-state index contributed by atoms with van der Waals surface area (Å²) in [5, 5.41) is 7.86. The van der Waals surface area contributed by atoms with Crippen molar-refractivity contribution in [2.45, 2.75) is 19.4 Å². The number of nitrogens with zero attached hydrogens (tertiary/aromatic N) is 1. The van der Waals surface area contributed by atoms with Crippen molar-refractivity contribution in [3.05, 3.63) is 60.4 Å². The Morgan fingerprint density at radius 3 is 2.85 bits per heavy atom. The van der Waals surface area contributed by atoms with E-state index in [1.165, 1.54) is 0 Å². The molecular weight excluding hydrogens is 330 g/mol. The first-order valence-corrected chi connectivity index (χ1v) is 8.35. The lowest BCUT2D eigenvalue weighted by Gasteiger charge is -2.27. The maximum absolute atomic E-state index is 12.6. The van der Waals surface area contributed by atoms with Gasteiger partial charge in [0.25, 0.3) is 0 Å².